The Kier molecular flexibility index (Phi) is 5.18. The fourth-order valence-corrected chi connectivity index (χ4v) is 4.19. The molecule has 5 nitrogen and oxygen atoms in total. The molecule has 28 heavy (non-hydrogen) atoms. The lowest BCUT2D eigenvalue weighted by Crippen LogP contribution is -2.30. The minimum absolute atomic E-state index is 0.00669. The molecule has 2 amide bonds. The summed E-state index contributed by atoms with van der Waals surface area (Å²) in [5.74, 6) is 1.12. The van der Waals surface area contributed by atoms with Crippen LogP contribution in [0.2, 0.25) is 0 Å². The monoisotopic (exact) mass is 377 g/mol. The van der Waals surface area contributed by atoms with Crippen molar-refractivity contribution < 1.29 is 9.59 Å². The number of carbonyl (C=O) groups excluding carboxylic acids is 2. The van der Waals surface area contributed by atoms with Crippen molar-refractivity contribution in [1.82, 2.24) is 4.90 Å². The Balaban J connectivity index is 1.47. The van der Waals surface area contributed by atoms with Gasteiger partial charge < -0.3 is 16.0 Å². The van der Waals surface area contributed by atoms with Gasteiger partial charge in [-0.25, -0.2) is 0 Å². The topological polar surface area (TPSA) is 75.4 Å². The van der Waals surface area contributed by atoms with Crippen molar-refractivity contribution in [1.29, 1.82) is 0 Å². The quantitative estimate of drug-likeness (QED) is 0.841. The number of amides is 2. The SMILES string of the molecule is CC1CC1C(=O)Nc1cccc(C(=O)N2C[C@@H](CN)[C@H](c3ccccc3)C2)c1. The number of nitrogens with zero attached hydrogens (tertiary/aromatic N) is 1. The Morgan fingerprint density at radius 2 is 1.86 bits per heavy atom. The average molecular weight is 377 g/mol. The number of anilines is 1. The van der Waals surface area contributed by atoms with Crippen molar-refractivity contribution in [2.75, 3.05) is 25.0 Å². The standard InChI is InChI=1S/C23H27N3O2/c1-15-10-20(15)22(27)25-19-9-5-8-17(11-19)23(28)26-13-18(12-24)21(14-26)16-6-3-2-4-7-16/h2-9,11,15,18,20-21H,10,12-14,24H2,1H3,(H,25,27)/t15?,18-,20?,21+/m1/s1. The molecule has 0 aromatic heterocycles. The summed E-state index contributed by atoms with van der Waals surface area (Å²) in [6.07, 6.45) is 0.944. The Hall–Kier alpha value is -2.66. The highest BCUT2D eigenvalue weighted by atomic mass is 16.2. The van der Waals surface area contributed by atoms with Crippen LogP contribution in [0.15, 0.2) is 54.6 Å². The van der Waals surface area contributed by atoms with Crippen LogP contribution in [-0.4, -0.2) is 36.3 Å². The van der Waals surface area contributed by atoms with Crippen molar-refractivity contribution in [3.8, 4) is 0 Å². The summed E-state index contributed by atoms with van der Waals surface area (Å²) in [5, 5.41) is 2.95. The minimum Gasteiger partial charge on any atom is -0.338 e. The van der Waals surface area contributed by atoms with Crippen LogP contribution in [0.1, 0.15) is 35.2 Å². The van der Waals surface area contributed by atoms with Gasteiger partial charge in [-0.2, -0.15) is 0 Å². The van der Waals surface area contributed by atoms with Crippen molar-refractivity contribution in [3.63, 3.8) is 0 Å². The molecular weight excluding hydrogens is 350 g/mol. The second kappa shape index (κ2) is 7.76. The molecule has 1 heterocycles. The van der Waals surface area contributed by atoms with Crippen molar-refractivity contribution >= 4 is 17.5 Å². The van der Waals surface area contributed by atoms with Crippen molar-refractivity contribution in [2.45, 2.75) is 19.3 Å². The van der Waals surface area contributed by atoms with Gasteiger partial charge in [-0.3, -0.25) is 9.59 Å². The summed E-state index contributed by atoms with van der Waals surface area (Å²) >= 11 is 0. The van der Waals surface area contributed by atoms with Gasteiger partial charge in [0.1, 0.15) is 0 Å². The zero-order valence-electron chi connectivity index (χ0n) is 16.2. The number of likely N-dealkylation sites (tertiary alicyclic amines) is 1. The van der Waals surface area contributed by atoms with Crippen molar-refractivity contribution in [2.24, 2.45) is 23.5 Å². The molecular formula is C23H27N3O2. The second-order valence-electron chi connectivity index (χ2n) is 8.11. The molecule has 3 N–H and O–H groups in total. The van der Waals surface area contributed by atoms with Gasteiger partial charge in [-0.05, 0) is 48.6 Å². The first-order valence-electron chi connectivity index (χ1n) is 10.0. The van der Waals surface area contributed by atoms with Gasteiger partial charge in [0.25, 0.3) is 5.91 Å². The van der Waals surface area contributed by atoms with E-state index in [1.54, 1.807) is 6.07 Å². The molecule has 1 saturated carbocycles. The Bertz CT molecular complexity index is 867. The minimum atomic E-state index is -0.00669. The molecule has 146 valence electrons. The summed E-state index contributed by atoms with van der Waals surface area (Å²) in [7, 11) is 0. The van der Waals surface area contributed by atoms with Crippen LogP contribution in [0.25, 0.3) is 0 Å². The molecule has 2 unspecified atom stereocenters. The molecule has 1 aliphatic carbocycles. The lowest BCUT2D eigenvalue weighted by molar-refractivity contribution is -0.117. The van der Waals surface area contributed by atoms with Gasteiger partial charge in [0.15, 0.2) is 0 Å². The lowest BCUT2D eigenvalue weighted by Gasteiger charge is -2.17. The van der Waals surface area contributed by atoms with Crippen LogP contribution in [0.5, 0.6) is 0 Å². The van der Waals surface area contributed by atoms with Crippen LogP contribution in [0.3, 0.4) is 0 Å². The molecule has 0 bridgehead atoms. The van der Waals surface area contributed by atoms with Crippen LogP contribution in [-0.2, 0) is 4.79 Å². The number of rotatable bonds is 5. The van der Waals surface area contributed by atoms with Gasteiger partial charge in [-0.15, -0.1) is 0 Å². The van der Waals surface area contributed by atoms with Crippen LogP contribution >= 0.6 is 0 Å². The highest BCUT2D eigenvalue weighted by Gasteiger charge is 2.39. The third-order valence-electron chi connectivity index (χ3n) is 6.08. The van der Waals surface area contributed by atoms with E-state index in [-0.39, 0.29) is 29.6 Å². The molecule has 0 radical (unpaired) electrons. The molecule has 1 saturated heterocycles. The number of benzene rings is 2. The Labute approximate surface area is 165 Å². The highest BCUT2D eigenvalue weighted by molar-refractivity contribution is 5.98. The summed E-state index contributed by atoms with van der Waals surface area (Å²) in [4.78, 5) is 27.2. The normalized spacial score (nSPS) is 26.1. The summed E-state index contributed by atoms with van der Waals surface area (Å²) in [6.45, 7) is 3.96. The molecule has 4 rings (SSSR count). The van der Waals surface area contributed by atoms with Crippen LogP contribution in [0, 0.1) is 17.8 Å². The highest BCUT2D eigenvalue weighted by Crippen LogP contribution is 2.38. The van der Waals surface area contributed by atoms with E-state index in [2.05, 4.69) is 24.4 Å². The van der Waals surface area contributed by atoms with E-state index in [0.717, 1.165) is 6.42 Å². The van der Waals surface area contributed by atoms with Gasteiger partial charge in [0.2, 0.25) is 5.91 Å². The van der Waals surface area contributed by atoms with E-state index >= 15 is 0 Å². The van der Waals surface area contributed by atoms with Gasteiger partial charge in [-0.1, -0.05) is 43.3 Å². The molecule has 0 spiro atoms. The summed E-state index contributed by atoms with van der Waals surface area (Å²) in [5.41, 5.74) is 8.52. The van der Waals surface area contributed by atoms with Gasteiger partial charge in [0, 0.05) is 36.2 Å². The number of hydrogen-bond donors (Lipinski definition) is 2. The van der Waals surface area contributed by atoms with Crippen LogP contribution < -0.4 is 11.1 Å². The maximum atomic E-state index is 13.1. The van der Waals surface area contributed by atoms with E-state index in [1.165, 1.54) is 5.56 Å². The van der Waals surface area contributed by atoms with Crippen molar-refractivity contribution in [3.05, 3.63) is 65.7 Å². The number of carbonyl (C=O) groups is 2. The smallest absolute Gasteiger partial charge is 0.253 e. The first kappa shape index (κ1) is 18.7. The zero-order valence-corrected chi connectivity index (χ0v) is 16.2. The van der Waals surface area contributed by atoms with E-state index in [1.807, 2.05) is 41.3 Å². The molecule has 2 fully saturated rings. The molecule has 2 aromatic carbocycles. The largest absolute Gasteiger partial charge is 0.338 e. The molecule has 2 aromatic rings. The number of hydrogen-bond acceptors (Lipinski definition) is 3. The molecule has 1 aliphatic heterocycles. The third kappa shape index (κ3) is 3.80. The van der Waals surface area contributed by atoms with Crippen LogP contribution in [0.4, 0.5) is 5.69 Å². The summed E-state index contributed by atoms with van der Waals surface area (Å²) in [6, 6.07) is 17.5. The molecule has 4 atom stereocenters. The van der Waals surface area contributed by atoms with Gasteiger partial charge in [0.05, 0.1) is 0 Å². The first-order chi connectivity index (χ1) is 13.6. The van der Waals surface area contributed by atoms with E-state index in [9.17, 15) is 9.59 Å². The number of nitrogens with two attached hydrogens (primary N) is 1. The van der Waals surface area contributed by atoms with E-state index in [4.69, 9.17) is 5.73 Å². The first-order valence-corrected chi connectivity index (χ1v) is 10.0. The Morgan fingerprint density at radius 1 is 1.11 bits per heavy atom. The fraction of sp³-hybridized carbons (Fsp3) is 0.391. The Morgan fingerprint density at radius 3 is 2.54 bits per heavy atom. The van der Waals surface area contributed by atoms with E-state index < -0.39 is 0 Å². The fourth-order valence-electron chi connectivity index (χ4n) is 4.19. The number of nitrogens with one attached hydrogen (secondary N) is 1. The predicted octanol–water partition coefficient (Wildman–Crippen LogP) is 3.10. The third-order valence-corrected chi connectivity index (χ3v) is 6.08. The van der Waals surface area contributed by atoms with Gasteiger partial charge >= 0.3 is 0 Å². The summed E-state index contributed by atoms with van der Waals surface area (Å²) < 4.78 is 0. The second-order valence-corrected chi connectivity index (χ2v) is 8.11. The lowest BCUT2D eigenvalue weighted by atomic mass is 9.89. The maximum Gasteiger partial charge on any atom is 0.253 e. The average Bonchev–Trinajstić information content (AvgIpc) is 3.30. The maximum absolute atomic E-state index is 13.1. The zero-order chi connectivity index (χ0) is 19.7. The van der Waals surface area contributed by atoms with E-state index in [0.29, 0.717) is 36.8 Å². The molecule has 2 aliphatic rings. The predicted molar refractivity (Wildman–Crippen MR) is 110 cm³/mol. The molecule has 5 heteroatoms.